The number of amides is 2. The predicted molar refractivity (Wildman–Crippen MR) is 103 cm³/mol. The molecule has 0 radical (unpaired) electrons. The molecular weight excluding hydrogens is 330 g/mol. The fourth-order valence-electron chi connectivity index (χ4n) is 3.00. The summed E-state index contributed by atoms with van der Waals surface area (Å²) in [5.74, 6) is -0.183. The summed E-state index contributed by atoms with van der Waals surface area (Å²) in [6.07, 6.45) is -0.361. The van der Waals surface area contributed by atoms with Crippen molar-refractivity contribution < 1.29 is 14.3 Å². The maximum atomic E-state index is 12.5. The molecule has 6 nitrogen and oxygen atoms in total. The zero-order valence-electron chi connectivity index (χ0n) is 15.1. The lowest BCUT2D eigenvalue weighted by Gasteiger charge is -2.21. The van der Waals surface area contributed by atoms with Crippen LogP contribution in [0.2, 0.25) is 0 Å². The highest BCUT2D eigenvalue weighted by molar-refractivity contribution is 6.05. The molecular formula is C20H23N3O3. The Balaban J connectivity index is 1.71. The number of carbonyl (C=O) groups excluding carboxylic acids is 2. The fraction of sp³-hybridized carbons (Fsp3) is 0.300. The van der Waals surface area contributed by atoms with Gasteiger partial charge >= 0.3 is 6.09 Å². The average molecular weight is 353 g/mol. The van der Waals surface area contributed by atoms with Crippen molar-refractivity contribution >= 4 is 29.1 Å². The molecule has 1 saturated heterocycles. The number of carbonyl (C=O) groups is 2. The molecule has 0 spiro atoms. The minimum Gasteiger partial charge on any atom is -0.447 e. The van der Waals surface area contributed by atoms with Gasteiger partial charge in [0.2, 0.25) is 0 Å². The Hall–Kier alpha value is -3.02. The molecule has 3 rings (SSSR count). The van der Waals surface area contributed by atoms with Crippen LogP contribution in [0.5, 0.6) is 0 Å². The Bertz CT molecular complexity index is 785. The lowest BCUT2D eigenvalue weighted by atomic mass is 10.1. The Labute approximate surface area is 153 Å². The van der Waals surface area contributed by atoms with Crippen molar-refractivity contribution in [3.63, 3.8) is 0 Å². The monoisotopic (exact) mass is 353 g/mol. The third kappa shape index (κ3) is 3.79. The highest BCUT2D eigenvalue weighted by Crippen LogP contribution is 2.23. The first-order valence-electron chi connectivity index (χ1n) is 8.83. The number of benzene rings is 2. The van der Waals surface area contributed by atoms with Gasteiger partial charge in [-0.25, -0.2) is 4.79 Å². The molecule has 1 heterocycles. The minimum atomic E-state index is -0.361. The molecule has 0 aromatic heterocycles. The zero-order valence-corrected chi connectivity index (χ0v) is 15.1. The summed E-state index contributed by atoms with van der Waals surface area (Å²) in [6.45, 7) is 6.96. The van der Waals surface area contributed by atoms with Gasteiger partial charge in [0.1, 0.15) is 6.61 Å². The van der Waals surface area contributed by atoms with Gasteiger partial charge in [0.05, 0.1) is 6.54 Å². The number of nitrogens with zero attached hydrogens (tertiary/aromatic N) is 2. The summed E-state index contributed by atoms with van der Waals surface area (Å²) < 4.78 is 4.95. The van der Waals surface area contributed by atoms with Crippen LogP contribution in [0, 0.1) is 0 Å². The van der Waals surface area contributed by atoms with Gasteiger partial charge in [-0.2, -0.15) is 0 Å². The van der Waals surface area contributed by atoms with Crippen molar-refractivity contribution in [1.82, 2.24) is 0 Å². The van der Waals surface area contributed by atoms with E-state index in [1.165, 1.54) is 0 Å². The standard InChI is InChI=1S/C20H23N3O3/c1-3-22(4-2)17-10-8-15(9-11-17)19(24)21-16-6-5-7-18(14-16)23-12-13-26-20(23)25/h5-11,14H,3-4,12-13H2,1-2H3,(H,21,24). The maximum absolute atomic E-state index is 12.5. The first kappa shape index (κ1) is 17.8. The summed E-state index contributed by atoms with van der Waals surface area (Å²) in [7, 11) is 0. The first-order chi connectivity index (χ1) is 12.6. The van der Waals surface area contributed by atoms with E-state index >= 15 is 0 Å². The van der Waals surface area contributed by atoms with E-state index < -0.39 is 0 Å². The van der Waals surface area contributed by atoms with Crippen LogP contribution in [-0.4, -0.2) is 38.2 Å². The molecule has 1 N–H and O–H groups in total. The maximum Gasteiger partial charge on any atom is 0.414 e. The zero-order chi connectivity index (χ0) is 18.5. The van der Waals surface area contributed by atoms with Crippen LogP contribution in [0.25, 0.3) is 0 Å². The number of rotatable bonds is 6. The molecule has 1 aliphatic rings. The van der Waals surface area contributed by atoms with Crippen LogP contribution in [0.1, 0.15) is 24.2 Å². The summed E-state index contributed by atoms with van der Waals surface area (Å²) >= 11 is 0. The van der Waals surface area contributed by atoms with E-state index in [-0.39, 0.29) is 12.0 Å². The van der Waals surface area contributed by atoms with Crippen molar-refractivity contribution in [2.24, 2.45) is 0 Å². The number of hydrogen-bond donors (Lipinski definition) is 1. The molecule has 2 aromatic carbocycles. The topological polar surface area (TPSA) is 61.9 Å². The second-order valence-corrected chi connectivity index (χ2v) is 5.99. The number of cyclic esters (lactones) is 1. The third-order valence-corrected chi connectivity index (χ3v) is 4.43. The van der Waals surface area contributed by atoms with Crippen molar-refractivity contribution in [3.8, 4) is 0 Å². The first-order valence-corrected chi connectivity index (χ1v) is 8.83. The van der Waals surface area contributed by atoms with Crippen LogP contribution in [0.15, 0.2) is 48.5 Å². The Morgan fingerprint density at radius 1 is 1.15 bits per heavy atom. The predicted octanol–water partition coefficient (Wildman–Crippen LogP) is 3.74. The molecule has 0 aliphatic carbocycles. The highest BCUT2D eigenvalue weighted by atomic mass is 16.6. The lowest BCUT2D eigenvalue weighted by Crippen LogP contribution is -2.23. The molecule has 0 atom stereocenters. The van der Waals surface area contributed by atoms with E-state index in [9.17, 15) is 9.59 Å². The molecule has 1 fully saturated rings. The molecule has 0 bridgehead atoms. The number of nitrogens with one attached hydrogen (secondary N) is 1. The Kier molecular flexibility index (Phi) is 5.41. The molecule has 2 aromatic rings. The second-order valence-electron chi connectivity index (χ2n) is 5.99. The average Bonchev–Trinajstić information content (AvgIpc) is 3.09. The Morgan fingerprint density at radius 3 is 2.50 bits per heavy atom. The third-order valence-electron chi connectivity index (χ3n) is 4.43. The van der Waals surface area contributed by atoms with E-state index in [1.54, 1.807) is 23.1 Å². The SMILES string of the molecule is CCN(CC)c1ccc(C(=O)Nc2cccc(N3CCOC3=O)c2)cc1. The molecule has 0 saturated carbocycles. The molecule has 136 valence electrons. The van der Waals surface area contributed by atoms with Gasteiger partial charge in [-0.05, 0) is 56.3 Å². The molecule has 1 aliphatic heterocycles. The quantitative estimate of drug-likeness (QED) is 0.859. The normalized spacial score (nSPS) is 13.5. The van der Waals surface area contributed by atoms with Crippen molar-refractivity contribution in [1.29, 1.82) is 0 Å². The molecule has 2 amide bonds. The molecule has 6 heteroatoms. The minimum absolute atomic E-state index is 0.183. The van der Waals surface area contributed by atoms with Crippen LogP contribution in [0.3, 0.4) is 0 Å². The van der Waals surface area contributed by atoms with E-state index in [1.807, 2.05) is 30.3 Å². The van der Waals surface area contributed by atoms with Crippen LogP contribution >= 0.6 is 0 Å². The number of ether oxygens (including phenoxy) is 1. The summed E-state index contributed by atoms with van der Waals surface area (Å²) in [5.41, 5.74) is 3.04. The lowest BCUT2D eigenvalue weighted by molar-refractivity contribution is 0.102. The summed E-state index contributed by atoms with van der Waals surface area (Å²) in [6, 6.07) is 14.8. The number of hydrogen-bond acceptors (Lipinski definition) is 4. The molecule has 26 heavy (non-hydrogen) atoms. The largest absolute Gasteiger partial charge is 0.447 e. The van der Waals surface area contributed by atoms with Crippen molar-refractivity contribution in [2.75, 3.05) is 41.4 Å². The van der Waals surface area contributed by atoms with E-state index in [0.717, 1.165) is 18.8 Å². The van der Waals surface area contributed by atoms with Gasteiger partial charge in [0, 0.05) is 35.7 Å². The van der Waals surface area contributed by atoms with Gasteiger partial charge in [-0.15, -0.1) is 0 Å². The van der Waals surface area contributed by atoms with Crippen molar-refractivity contribution in [2.45, 2.75) is 13.8 Å². The number of anilines is 3. The van der Waals surface area contributed by atoms with Gasteiger partial charge in [-0.3, -0.25) is 9.69 Å². The van der Waals surface area contributed by atoms with Crippen molar-refractivity contribution in [3.05, 3.63) is 54.1 Å². The van der Waals surface area contributed by atoms with Crippen LogP contribution in [0.4, 0.5) is 21.9 Å². The summed E-state index contributed by atoms with van der Waals surface area (Å²) in [4.78, 5) is 28.0. The van der Waals surface area contributed by atoms with Crippen LogP contribution < -0.4 is 15.1 Å². The van der Waals surface area contributed by atoms with E-state index in [4.69, 9.17) is 4.74 Å². The fourth-order valence-corrected chi connectivity index (χ4v) is 3.00. The van der Waals surface area contributed by atoms with Gasteiger partial charge in [-0.1, -0.05) is 6.07 Å². The van der Waals surface area contributed by atoms with Gasteiger partial charge in [0.15, 0.2) is 0 Å². The highest BCUT2D eigenvalue weighted by Gasteiger charge is 2.23. The smallest absolute Gasteiger partial charge is 0.414 e. The van der Waals surface area contributed by atoms with E-state index in [2.05, 4.69) is 24.1 Å². The van der Waals surface area contributed by atoms with Gasteiger partial charge in [0.25, 0.3) is 5.91 Å². The second kappa shape index (κ2) is 7.91. The molecule has 0 unspecified atom stereocenters. The van der Waals surface area contributed by atoms with Crippen LogP contribution in [-0.2, 0) is 4.74 Å². The Morgan fingerprint density at radius 2 is 1.88 bits per heavy atom. The van der Waals surface area contributed by atoms with Gasteiger partial charge < -0.3 is 15.0 Å². The van der Waals surface area contributed by atoms with E-state index in [0.29, 0.717) is 30.1 Å². The summed E-state index contributed by atoms with van der Waals surface area (Å²) in [5, 5.41) is 2.88.